The molecule has 17 heavy (non-hydrogen) atoms. The van der Waals surface area contributed by atoms with Crippen molar-refractivity contribution in [1.82, 2.24) is 5.32 Å². The second kappa shape index (κ2) is 5.32. The van der Waals surface area contributed by atoms with Crippen LogP contribution in [0.3, 0.4) is 0 Å². The van der Waals surface area contributed by atoms with Crippen LogP contribution < -0.4 is 10.2 Å². The van der Waals surface area contributed by atoms with E-state index in [1.165, 1.54) is 5.56 Å². The Labute approximate surface area is 103 Å². The summed E-state index contributed by atoms with van der Waals surface area (Å²) in [5.74, 6) is 0.793. The topological polar surface area (TPSA) is 32.3 Å². The van der Waals surface area contributed by atoms with Crippen LogP contribution >= 0.6 is 0 Å². The predicted molar refractivity (Wildman–Crippen MR) is 70.0 cm³/mol. The van der Waals surface area contributed by atoms with E-state index in [0.29, 0.717) is 12.5 Å². The molecule has 0 bridgehead atoms. The van der Waals surface area contributed by atoms with E-state index in [4.69, 9.17) is 0 Å². The Morgan fingerprint density at radius 3 is 2.82 bits per heavy atom. The zero-order valence-electron chi connectivity index (χ0n) is 10.6. The van der Waals surface area contributed by atoms with Crippen LogP contribution in [0.1, 0.15) is 25.8 Å². The number of nitrogens with zero attached hydrogens (tertiary/aromatic N) is 1. The molecule has 3 heteroatoms. The summed E-state index contributed by atoms with van der Waals surface area (Å²) in [6, 6.07) is 8.15. The van der Waals surface area contributed by atoms with E-state index < -0.39 is 0 Å². The summed E-state index contributed by atoms with van der Waals surface area (Å²) in [5, 5.41) is 3.18. The number of fused-ring (bicyclic) bond motifs is 1. The molecular formula is C14H20N2O. The van der Waals surface area contributed by atoms with E-state index in [9.17, 15) is 4.79 Å². The number of carbonyl (C=O) groups is 1. The summed E-state index contributed by atoms with van der Waals surface area (Å²) in [6.45, 7) is 6.40. The fourth-order valence-corrected chi connectivity index (χ4v) is 2.09. The molecule has 0 saturated carbocycles. The second-order valence-corrected chi connectivity index (χ2v) is 4.96. The smallest absolute Gasteiger partial charge is 0.240 e. The van der Waals surface area contributed by atoms with Gasteiger partial charge in [0.1, 0.15) is 0 Å². The fraction of sp³-hybridized carbons (Fsp3) is 0.500. The standard InChI is InChI=1S/C14H20N2O/c1-11(2)7-8-16-13-6-4-3-5-12(13)9-15-10-14(16)17/h3-6,11,15H,7-10H2,1-2H3. The summed E-state index contributed by atoms with van der Waals surface area (Å²) < 4.78 is 0. The summed E-state index contributed by atoms with van der Waals surface area (Å²) in [5.41, 5.74) is 2.28. The van der Waals surface area contributed by atoms with Crippen molar-refractivity contribution in [2.45, 2.75) is 26.8 Å². The average Bonchev–Trinajstić information content (AvgIpc) is 2.45. The highest BCUT2D eigenvalue weighted by atomic mass is 16.2. The lowest BCUT2D eigenvalue weighted by atomic mass is 10.1. The summed E-state index contributed by atoms with van der Waals surface area (Å²) in [7, 11) is 0. The number of para-hydroxylation sites is 1. The van der Waals surface area contributed by atoms with Gasteiger partial charge in [0, 0.05) is 18.8 Å². The molecule has 2 rings (SSSR count). The molecule has 1 amide bonds. The second-order valence-electron chi connectivity index (χ2n) is 4.96. The lowest BCUT2D eigenvalue weighted by molar-refractivity contribution is -0.117. The Bertz CT molecular complexity index is 401. The number of anilines is 1. The van der Waals surface area contributed by atoms with Crippen molar-refractivity contribution in [1.29, 1.82) is 0 Å². The minimum Gasteiger partial charge on any atom is -0.311 e. The molecule has 0 radical (unpaired) electrons. The lowest BCUT2D eigenvalue weighted by Crippen LogP contribution is -2.36. The van der Waals surface area contributed by atoms with Gasteiger partial charge in [-0.15, -0.1) is 0 Å². The highest BCUT2D eigenvalue weighted by molar-refractivity contribution is 5.96. The van der Waals surface area contributed by atoms with Gasteiger partial charge in [0.15, 0.2) is 0 Å². The monoisotopic (exact) mass is 232 g/mol. The number of benzene rings is 1. The van der Waals surface area contributed by atoms with E-state index in [-0.39, 0.29) is 5.91 Å². The van der Waals surface area contributed by atoms with Crippen molar-refractivity contribution in [3.05, 3.63) is 29.8 Å². The maximum atomic E-state index is 12.1. The normalized spacial score (nSPS) is 15.9. The Kier molecular flexibility index (Phi) is 3.79. The zero-order valence-corrected chi connectivity index (χ0v) is 10.6. The molecular weight excluding hydrogens is 212 g/mol. The van der Waals surface area contributed by atoms with E-state index in [2.05, 4.69) is 25.2 Å². The zero-order chi connectivity index (χ0) is 12.3. The highest BCUT2D eigenvalue weighted by Crippen LogP contribution is 2.23. The van der Waals surface area contributed by atoms with Crippen molar-refractivity contribution in [3.8, 4) is 0 Å². The number of rotatable bonds is 3. The van der Waals surface area contributed by atoms with Crippen LogP contribution in [-0.2, 0) is 11.3 Å². The molecule has 0 aliphatic carbocycles. The van der Waals surface area contributed by atoms with Crippen LogP contribution in [0.25, 0.3) is 0 Å². The highest BCUT2D eigenvalue weighted by Gasteiger charge is 2.21. The van der Waals surface area contributed by atoms with Gasteiger partial charge in [-0.1, -0.05) is 32.0 Å². The van der Waals surface area contributed by atoms with Gasteiger partial charge in [0.2, 0.25) is 5.91 Å². The molecule has 0 fully saturated rings. The van der Waals surface area contributed by atoms with Crippen LogP contribution in [0.15, 0.2) is 24.3 Å². The van der Waals surface area contributed by atoms with E-state index in [1.807, 2.05) is 23.1 Å². The molecule has 1 heterocycles. The van der Waals surface area contributed by atoms with Gasteiger partial charge in [-0.25, -0.2) is 0 Å². The average molecular weight is 232 g/mol. The number of carbonyl (C=O) groups excluding carboxylic acids is 1. The molecule has 0 aromatic heterocycles. The lowest BCUT2D eigenvalue weighted by Gasteiger charge is -2.23. The third-order valence-corrected chi connectivity index (χ3v) is 3.11. The van der Waals surface area contributed by atoms with Crippen molar-refractivity contribution in [2.75, 3.05) is 18.0 Å². The molecule has 92 valence electrons. The molecule has 1 aliphatic heterocycles. The first-order valence-corrected chi connectivity index (χ1v) is 6.27. The van der Waals surface area contributed by atoms with Crippen molar-refractivity contribution >= 4 is 11.6 Å². The predicted octanol–water partition coefficient (Wildman–Crippen LogP) is 2.17. The minimum atomic E-state index is 0.176. The van der Waals surface area contributed by atoms with Gasteiger partial charge in [-0.3, -0.25) is 4.79 Å². The minimum absolute atomic E-state index is 0.176. The van der Waals surface area contributed by atoms with Gasteiger partial charge in [-0.05, 0) is 24.0 Å². The molecule has 3 nitrogen and oxygen atoms in total. The Morgan fingerprint density at radius 2 is 2.06 bits per heavy atom. The van der Waals surface area contributed by atoms with Crippen LogP contribution in [0.2, 0.25) is 0 Å². The van der Waals surface area contributed by atoms with Gasteiger partial charge >= 0.3 is 0 Å². The van der Waals surface area contributed by atoms with Crippen LogP contribution in [0.4, 0.5) is 5.69 Å². The van der Waals surface area contributed by atoms with E-state index in [1.54, 1.807) is 0 Å². The molecule has 0 atom stereocenters. The van der Waals surface area contributed by atoms with Gasteiger partial charge in [-0.2, -0.15) is 0 Å². The quantitative estimate of drug-likeness (QED) is 0.866. The Morgan fingerprint density at radius 1 is 1.29 bits per heavy atom. The largest absolute Gasteiger partial charge is 0.311 e. The number of hydrogen-bond acceptors (Lipinski definition) is 2. The summed E-state index contributed by atoms with van der Waals surface area (Å²) in [6.07, 6.45) is 1.04. The first kappa shape index (κ1) is 12.1. The fourth-order valence-electron chi connectivity index (χ4n) is 2.09. The van der Waals surface area contributed by atoms with Crippen LogP contribution in [0.5, 0.6) is 0 Å². The maximum Gasteiger partial charge on any atom is 0.240 e. The van der Waals surface area contributed by atoms with Crippen molar-refractivity contribution in [2.24, 2.45) is 5.92 Å². The summed E-state index contributed by atoms with van der Waals surface area (Å²) >= 11 is 0. The first-order chi connectivity index (χ1) is 8.18. The van der Waals surface area contributed by atoms with Gasteiger partial charge in [0.25, 0.3) is 0 Å². The molecule has 1 N–H and O–H groups in total. The molecule has 0 spiro atoms. The van der Waals surface area contributed by atoms with Crippen molar-refractivity contribution < 1.29 is 4.79 Å². The van der Waals surface area contributed by atoms with Crippen molar-refractivity contribution in [3.63, 3.8) is 0 Å². The molecule has 0 saturated heterocycles. The van der Waals surface area contributed by atoms with Crippen LogP contribution in [0, 0.1) is 5.92 Å². The first-order valence-electron chi connectivity index (χ1n) is 6.27. The van der Waals surface area contributed by atoms with E-state index in [0.717, 1.165) is 25.2 Å². The van der Waals surface area contributed by atoms with Crippen LogP contribution in [-0.4, -0.2) is 19.0 Å². The van der Waals surface area contributed by atoms with Gasteiger partial charge < -0.3 is 10.2 Å². The Hall–Kier alpha value is -1.35. The molecule has 0 unspecified atom stereocenters. The number of nitrogens with one attached hydrogen (secondary N) is 1. The third-order valence-electron chi connectivity index (χ3n) is 3.11. The number of hydrogen-bond donors (Lipinski definition) is 1. The number of amides is 1. The molecule has 1 aliphatic rings. The Balaban J connectivity index is 2.24. The third kappa shape index (κ3) is 2.86. The van der Waals surface area contributed by atoms with E-state index >= 15 is 0 Å². The SMILES string of the molecule is CC(C)CCN1C(=O)CNCc2ccccc21. The summed E-state index contributed by atoms with van der Waals surface area (Å²) in [4.78, 5) is 14.0. The van der Waals surface area contributed by atoms with Gasteiger partial charge in [0.05, 0.1) is 6.54 Å². The maximum absolute atomic E-state index is 12.1. The molecule has 1 aromatic rings. The molecule has 1 aromatic carbocycles.